The van der Waals surface area contributed by atoms with Gasteiger partial charge in [0, 0.05) is 12.1 Å². The highest BCUT2D eigenvalue weighted by atomic mass is 16.5. The number of benzene rings is 1. The molecular weight excluding hydrogens is 254 g/mol. The first-order valence-electron chi connectivity index (χ1n) is 6.94. The molecule has 0 aliphatic rings. The lowest BCUT2D eigenvalue weighted by atomic mass is 10.1. The number of ether oxygens (including phenoxy) is 1. The Morgan fingerprint density at radius 1 is 1.45 bits per heavy atom. The van der Waals surface area contributed by atoms with Crippen LogP contribution in [0.5, 0.6) is 5.75 Å². The fourth-order valence-corrected chi connectivity index (χ4v) is 1.92. The minimum absolute atomic E-state index is 0.475. The number of rotatable bonds is 9. The number of carboxylic acid groups (broad SMARTS) is 1. The second-order valence-electron chi connectivity index (χ2n) is 4.59. The number of nitrogens with one attached hydrogen (secondary N) is 1. The molecule has 1 aromatic carbocycles. The van der Waals surface area contributed by atoms with Gasteiger partial charge in [0.15, 0.2) is 0 Å². The normalized spacial score (nSPS) is 12.5. The zero-order valence-corrected chi connectivity index (χ0v) is 12.1. The molecule has 0 aliphatic heterocycles. The summed E-state index contributed by atoms with van der Waals surface area (Å²) >= 11 is 0. The predicted octanol–water partition coefficient (Wildman–Crippen LogP) is 2.94. The van der Waals surface area contributed by atoms with Crippen molar-refractivity contribution in [2.45, 2.75) is 32.2 Å². The van der Waals surface area contributed by atoms with Crippen LogP contribution in [-0.4, -0.2) is 30.8 Å². The standard InChI is InChI=1S/C16H23NO3/c1-3-4-10-14(16(18)19)17-12-7-9-13-8-5-6-11-15(13)20-2/h5-9,11,14,17H,3-4,10,12H2,1-2H3,(H,18,19)/b9-7+/t14-/m0/s1. The number of carboxylic acids is 1. The Kier molecular flexibility index (Phi) is 7.43. The van der Waals surface area contributed by atoms with Crippen LogP contribution in [0.1, 0.15) is 31.7 Å². The molecule has 0 amide bonds. The Bertz CT molecular complexity index is 443. The van der Waals surface area contributed by atoms with E-state index in [2.05, 4.69) is 12.2 Å². The molecule has 0 fully saturated rings. The zero-order valence-electron chi connectivity index (χ0n) is 12.1. The van der Waals surface area contributed by atoms with E-state index in [-0.39, 0.29) is 0 Å². The summed E-state index contributed by atoms with van der Waals surface area (Å²) in [5.74, 6) is 0.0219. The molecule has 0 spiro atoms. The Labute approximate surface area is 120 Å². The maximum absolute atomic E-state index is 11.1. The minimum Gasteiger partial charge on any atom is -0.496 e. The number of unbranched alkanes of at least 4 members (excludes halogenated alkanes) is 1. The van der Waals surface area contributed by atoms with Gasteiger partial charge in [0.2, 0.25) is 0 Å². The van der Waals surface area contributed by atoms with Crippen molar-refractivity contribution in [1.82, 2.24) is 5.32 Å². The average Bonchev–Trinajstić information content (AvgIpc) is 2.46. The molecule has 0 radical (unpaired) electrons. The molecule has 0 aliphatic carbocycles. The van der Waals surface area contributed by atoms with Crippen LogP contribution in [0.15, 0.2) is 30.3 Å². The van der Waals surface area contributed by atoms with Crippen LogP contribution < -0.4 is 10.1 Å². The summed E-state index contributed by atoms with van der Waals surface area (Å²) in [6.45, 7) is 2.58. The van der Waals surface area contributed by atoms with Gasteiger partial charge >= 0.3 is 5.97 Å². The third-order valence-electron chi connectivity index (χ3n) is 3.06. The second kappa shape index (κ2) is 9.15. The third kappa shape index (κ3) is 5.45. The number of hydrogen-bond acceptors (Lipinski definition) is 3. The van der Waals surface area contributed by atoms with Crippen LogP contribution >= 0.6 is 0 Å². The van der Waals surface area contributed by atoms with Gasteiger partial charge in [-0.25, -0.2) is 0 Å². The summed E-state index contributed by atoms with van der Waals surface area (Å²) in [6, 6.07) is 7.24. The van der Waals surface area contributed by atoms with Gasteiger partial charge in [0.05, 0.1) is 7.11 Å². The first-order chi connectivity index (χ1) is 9.69. The molecule has 1 atom stereocenters. The van der Waals surface area contributed by atoms with Crippen molar-refractivity contribution in [1.29, 1.82) is 0 Å². The first-order valence-corrected chi connectivity index (χ1v) is 6.94. The molecule has 0 saturated heterocycles. The van der Waals surface area contributed by atoms with Gasteiger partial charge in [-0.15, -0.1) is 0 Å². The van der Waals surface area contributed by atoms with Gasteiger partial charge in [-0.1, -0.05) is 50.1 Å². The lowest BCUT2D eigenvalue weighted by Gasteiger charge is -2.12. The van der Waals surface area contributed by atoms with Gasteiger partial charge in [-0.3, -0.25) is 4.79 Å². The number of aliphatic carboxylic acids is 1. The topological polar surface area (TPSA) is 58.6 Å². The van der Waals surface area contributed by atoms with E-state index in [9.17, 15) is 4.79 Å². The molecule has 4 heteroatoms. The largest absolute Gasteiger partial charge is 0.496 e. The molecule has 1 aromatic rings. The molecular formula is C16H23NO3. The van der Waals surface area contributed by atoms with Gasteiger partial charge in [-0.05, 0) is 12.5 Å². The van der Waals surface area contributed by atoms with E-state index in [0.717, 1.165) is 24.2 Å². The van der Waals surface area contributed by atoms with E-state index in [1.54, 1.807) is 7.11 Å². The Balaban J connectivity index is 2.49. The summed E-state index contributed by atoms with van der Waals surface area (Å²) in [6.07, 6.45) is 6.43. The van der Waals surface area contributed by atoms with E-state index in [0.29, 0.717) is 13.0 Å². The van der Waals surface area contributed by atoms with Gasteiger partial charge < -0.3 is 15.2 Å². The highest BCUT2D eigenvalue weighted by molar-refractivity contribution is 5.73. The van der Waals surface area contributed by atoms with Crippen molar-refractivity contribution < 1.29 is 14.6 Å². The van der Waals surface area contributed by atoms with Crippen molar-refractivity contribution in [3.8, 4) is 5.75 Å². The highest BCUT2D eigenvalue weighted by Crippen LogP contribution is 2.18. The number of hydrogen-bond donors (Lipinski definition) is 2. The van der Waals surface area contributed by atoms with Crippen LogP contribution in [0.25, 0.3) is 6.08 Å². The summed E-state index contributed by atoms with van der Waals surface area (Å²) in [5.41, 5.74) is 0.984. The quantitative estimate of drug-likeness (QED) is 0.728. The van der Waals surface area contributed by atoms with E-state index in [1.807, 2.05) is 36.4 Å². The van der Waals surface area contributed by atoms with Crippen molar-refractivity contribution in [3.05, 3.63) is 35.9 Å². The SMILES string of the molecule is CCCC[C@H](NC/C=C/c1ccccc1OC)C(=O)O. The van der Waals surface area contributed by atoms with Gasteiger partial charge in [-0.2, -0.15) is 0 Å². The Morgan fingerprint density at radius 3 is 2.85 bits per heavy atom. The van der Waals surface area contributed by atoms with Gasteiger partial charge in [0.25, 0.3) is 0 Å². The van der Waals surface area contributed by atoms with E-state index >= 15 is 0 Å². The van der Waals surface area contributed by atoms with E-state index < -0.39 is 12.0 Å². The molecule has 0 aromatic heterocycles. The average molecular weight is 277 g/mol. The third-order valence-corrected chi connectivity index (χ3v) is 3.06. The molecule has 110 valence electrons. The maximum atomic E-state index is 11.1. The van der Waals surface area contributed by atoms with E-state index in [1.165, 1.54) is 0 Å². The van der Waals surface area contributed by atoms with Crippen LogP contribution in [-0.2, 0) is 4.79 Å². The fourth-order valence-electron chi connectivity index (χ4n) is 1.92. The molecule has 0 bridgehead atoms. The Hall–Kier alpha value is -1.81. The smallest absolute Gasteiger partial charge is 0.320 e. The monoisotopic (exact) mass is 277 g/mol. The van der Waals surface area contributed by atoms with Crippen LogP contribution in [0, 0.1) is 0 Å². The molecule has 4 nitrogen and oxygen atoms in total. The van der Waals surface area contributed by atoms with E-state index in [4.69, 9.17) is 9.84 Å². The molecule has 1 rings (SSSR count). The minimum atomic E-state index is -0.788. The summed E-state index contributed by atoms with van der Waals surface area (Å²) < 4.78 is 5.25. The second-order valence-corrected chi connectivity index (χ2v) is 4.59. The lowest BCUT2D eigenvalue weighted by Crippen LogP contribution is -2.36. The first kappa shape index (κ1) is 16.2. The molecule has 0 saturated carbocycles. The predicted molar refractivity (Wildman–Crippen MR) is 81.0 cm³/mol. The molecule has 0 unspecified atom stereocenters. The summed E-state index contributed by atoms with van der Waals surface area (Å²) in [4.78, 5) is 11.1. The Morgan fingerprint density at radius 2 is 2.20 bits per heavy atom. The van der Waals surface area contributed by atoms with Gasteiger partial charge in [0.1, 0.15) is 11.8 Å². The number of para-hydroxylation sites is 1. The summed E-state index contributed by atoms with van der Waals surface area (Å²) in [5, 5.41) is 12.1. The van der Waals surface area contributed by atoms with Crippen molar-refractivity contribution in [3.63, 3.8) is 0 Å². The van der Waals surface area contributed by atoms with Crippen LogP contribution in [0.2, 0.25) is 0 Å². The summed E-state index contributed by atoms with van der Waals surface area (Å²) in [7, 11) is 1.64. The fraction of sp³-hybridized carbons (Fsp3) is 0.438. The molecule has 20 heavy (non-hydrogen) atoms. The zero-order chi connectivity index (χ0) is 14.8. The highest BCUT2D eigenvalue weighted by Gasteiger charge is 2.14. The van der Waals surface area contributed by atoms with Crippen LogP contribution in [0.3, 0.4) is 0 Å². The number of carbonyl (C=O) groups is 1. The molecule has 0 heterocycles. The van der Waals surface area contributed by atoms with Crippen molar-refractivity contribution >= 4 is 12.0 Å². The van der Waals surface area contributed by atoms with Crippen LogP contribution in [0.4, 0.5) is 0 Å². The number of methoxy groups -OCH3 is 1. The van der Waals surface area contributed by atoms with Crippen molar-refractivity contribution in [2.24, 2.45) is 0 Å². The molecule has 2 N–H and O–H groups in total. The lowest BCUT2D eigenvalue weighted by molar-refractivity contribution is -0.139. The van der Waals surface area contributed by atoms with Crippen molar-refractivity contribution in [2.75, 3.05) is 13.7 Å². The maximum Gasteiger partial charge on any atom is 0.320 e.